The van der Waals surface area contributed by atoms with Gasteiger partial charge in [0.25, 0.3) is 0 Å². The van der Waals surface area contributed by atoms with Crippen LogP contribution in [-0.4, -0.2) is 38.9 Å². The minimum absolute atomic E-state index is 0.0372. The predicted octanol–water partition coefficient (Wildman–Crippen LogP) is 0.479. The summed E-state index contributed by atoms with van der Waals surface area (Å²) < 4.78 is 1.53. The van der Waals surface area contributed by atoms with Gasteiger partial charge >= 0.3 is 12.0 Å². The average molecular weight is 274 g/mol. The molecule has 1 saturated heterocycles. The number of urea groups is 1. The van der Waals surface area contributed by atoms with Gasteiger partial charge in [-0.15, -0.1) is 0 Å². The van der Waals surface area contributed by atoms with Gasteiger partial charge in [-0.05, 0) is 6.07 Å². The molecule has 0 bridgehead atoms. The first-order chi connectivity index (χ1) is 9.56. The van der Waals surface area contributed by atoms with E-state index in [1.54, 1.807) is 0 Å². The maximum Gasteiger partial charge on any atom is 0.337 e. The van der Waals surface area contributed by atoms with E-state index in [0.29, 0.717) is 11.2 Å². The number of pyridine rings is 1. The van der Waals surface area contributed by atoms with E-state index in [2.05, 4.69) is 10.3 Å². The van der Waals surface area contributed by atoms with Gasteiger partial charge < -0.3 is 9.51 Å². The molecule has 0 saturated carbocycles. The molecule has 2 N–H and O–H groups in total. The van der Waals surface area contributed by atoms with Gasteiger partial charge in [-0.1, -0.05) is 0 Å². The number of anilines is 1. The van der Waals surface area contributed by atoms with Crippen molar-refractivity contribution in [1.82, 2.24) is 14.7 Å². The smallest absolute Gasteiger partial charge is 0.337 e. The van der Waals surface area contributed by atoms with E-state index in [4.69, 9.17) is 5.11 Å². The minimum atomic E-state index is -1.10. The number of hydrogen-bond donors (Lipinski definition) is 2. The zero-order valence-corrected chi connectivity index (χ0v) is 10.2. The Bertz CT molecular complexity index is 736. The lowest BCUT2D eigenvalue weighted by molar-refractivity contribution is -0.120. The summed E-state index contributed by atoms with van der Waals surface area (Å²) in [5.41, 5.74) is 1.04. The third kappa shape index (κ3) is 1.87. The van der Waals surface area contributed by atoms with E-state index in [1.165, 1.54) is 34.1 Å². The highest BCUT2D eigenvalue weighted by atomic mass is 16.4. The number of carboxylic acid groups (broad SMARTS) is 1. The molecule has 1 fully saturated rings. The van der Waals surface area contributed by atoms with Gasteiger partial charge in [0.1, 0.15) is 0 Å². The zero-order chi connectivity index (χ0) is 14.3. The molecule has 0 atom stereocenters. The molecular weight excluding hydrogens is 264 g/mol. The molecule has 8 heteroatoms. The Labute approximate surface area is 112 Å². The summed E-state index contributed by atoms with van der Waals surface area (Å²) in [4.78, 5) is 39.4. The number of nitrogens with one attached hydrogen (secondary N) is 1. The molecule has 0 aromatic carbocycles. The Balaban J connectivity index is 2.14. The van der Waals surface area contributed by atoms with Crippen molar-refractivity contribution in [2.24, 2.45) is 0 Å². The number of carboxylic acids is 1. The fourth-order valence-electron chi connectivity index (χ4n) is 2.14. The van der Waals surface area contributed by atoms with E-state index in [-0.39, 0.29) is 24.4 Å². The lowest BCUT2D eigenvalue weighted by atomic mass is 10.2. The highest BCUT2D eigenvalue weighted by Crippen LogP contribution is 2.25. The Hall–Kier alpha value is -2.90. The molecule has 20 heavy (non-hydrogen) atoms. The highest BCUT2D eigenvalue weighted by Gasteiger charge is 2.26. The molecule has 1 aliphatic rings. The first kappa shape index (κ1) is 12.2. The van der Waals surface area contributed by atoms with Crippen molar-refractivity contribution in [3.63, 3.8) is 0 Å². The molecular formula is C12H10N4O4. The molecule has 0 unspecified atom stereocenters. The van der Waals surface area contributed by atoms with Crippen LogP contribution in [0.1, 0.15) is 16.8 Å². The second kappa shape index (κ2) is 4.34. The van der Waals surface area contributed by atoms with Gasteiger partial charge in [0, 0.05) is 19.2 Å². The quantitative estimate of drug-likeness (QED) is 0.828. The van der Waals surface area contributed by atoms with Crippen LogP contribution in [0.25, 0.3) is 5.52 Å². The number of aromatic nitrogens is 2. The molecule has 8 nitrogen and oxygen atoms in total. The number of carbonyl (C=O) groups excluding carboxylic acids is 2. The molecule has 2 aromatic rings. The van der Waals surface area contributed by atoms with E-state index in [9.17, 15) is 14.4 Å². The molecule has 3 rings (SSSR count). The topological polar surface area (TPSA) is 104 Å². The number of imide groups is 1. The van der Waals surface area contributed by atoms with Gasteiger partial charge in [-0.2, -0.15) is 0 Å². The highest BCUT2D eigenvalue weighted by molar-refractivity contribution is 6.08. The Morgan fingerprint density at radius 2 is 2.20 bits per heavy atom. The fourth-order valence-corrected chi connectivity index (χ4v) is 2.14. The predicted molar refractivity (Wildman–Crippen MR) is 67.7 cm³/mol. The Morgan fingerprint density at radius 1 is 1.40 bits per heavy atom. The standard InChI is InChI=1S/C12H10N4O4/c17-10-1-2-16(12(20)14-10)8-3-7(11(18)19)5-15-6-13-4-9(8)15/h3-6H,1-2H2,(H,18,19)(H,14,17,20). The third-order valence-electron chi connectivity index (χ3n) is 3.09. The van der Waals surface area contributed by atoms with Crippen LogP contribution in [-0.2, 0) is 4.79 Å². The fraction of sp³-hybridized carbons (Fsp3) is 0.167. The van der Waals surface area contributed by atoms with E-state index in [1.807, 2.05) is 0 Å². The maximum absolute atomic E-state index is 11.9. The second-order valence-electron chi connectivity index (χ2n) is 4.36. The SMILES string of the molecule is O=C1CCN(c2cc(C(=O)O)cn3cncc23)C(=O)N1. The minimum Gasteiger partial charge on any atom is -0.478 e. The number of amides is 3. The third-order valence-corrected chi connectivity index (χ3v) is 3.09. The van der Waals surface area contributed by atoms with Crippen LogP contribution < -0.4 is 10.2 Å². The number of imidazole rings is 1. The summed E-state index contributed by atoms with van der Waals surface area (Å²) in [6.07, 6.45) is 4.58. The largest absolute Gasteiger partial charge is 0.478 e. The second-order valence-corrected chi connectivity index (χ2v) is 4.36. The van der Waals surface area contributed by atoms with Crippen LogP contribution >= 0.6 is 0 Å². The molecule has 3 amide bonds. The van der Waals surface area contributed by atoms with Crippen molar-refractivity contribution in [3.8, 4) is 0 Å². The number of fused-ring (bicyclic) bond motifs is 1. The summed E-state index contributed by atoms with van der Waals surface area (Å²) in [5, 5.41) is 11.3. The molecule has 0 aliphatic carbocycles. The molecule has 0 spiro atoms. The summed E-state index contributed by atoms with van der Waals surface area (Å²) in [6.45, 7) is 0.203. The summed E-state index contributed by atoms with van der Waals surface area (Å²) in [7, 11) is 0. The summed E-state index contributed by atoms with van der Waals surface area (Å²) in [6, 6.07) is 0.834. The van der Waals surface area contributed by atoms with Gasteiger partial charge in [-0.3, -0.25) is 15.0 Å². The first-order valence-electron chi connectivity index (χ1n) is 5.86. The number of rotatable bonds is 2. The molecule has 1 aliphatic heterocycles. The number of nitrogens with zero attached hydrogens (tertiary/aromatic N) is 3. The van der Waals surface area contributed by atoms with Gasteiger partial charge in [-0.25, -0.2) is 14.6 Å². The molecule has 2 aromatic heterocycles. The van der Waals surface area contributed by atoms with Crippen molar-refractivity contribution in [3.05, 3.63) is 30.4 Å². The van der Waals surface area contributed by atoms with Crippen molar-refractivity contribution < 1.29 is 19.5 Å². The van der Waals surface area contributed by atoms with E-state index in [0.717, 1.165) is 0 Å². The van der Waals surface area contributed by atoms with Gasteiger partial charge in [0.15, 0.2) is 0 Å². The van der Waals surface area contributed by atoms with Crippen molar-refractivity contribution in [1.29, 1.82) is 0 Å². The molecule has 0 radical (unpaired) electrons. The van der Waals surface area contributed by atoms with Crippen LogP contribution in [0.4, 0.5) is 10.5 Å². The van der Waals surface area contributed by atoms with Crippen LogP contribution in [0.5, 0.6) is 0 Å². The van der Waals surface area contributed by atoms with Crippen LogP contribution in [0.2, 0.25) is 0 Å². The van der Waals surface area contributed by atoms with Crippen LogP contribution in [0.15, 0.2) is 24.8 Å². The Kier molecular flexibility index (Phi) is 2.63. The number of hydrogen-bond acceptors (Lipinski definition) is 4. The zero-order valence-electron chi connectivity index (χ0n) is 10.2. The first-order valence-corrected chi connectivity index (χ1v) is 5.86. The summed E-state index contributed by atoms with van der Waals surface area (Å²) in [5.74, 6) is -1.44. The lowest BCUT2D eigenvalue weighted by Crippen LogP contribution is -2.49. The molecule has 102 valence electrons. The number of carbonyl (C=O) groups is 3. The van der Waals surface area contributed by atoms with Gasteiger partial charge in [0.2, 0.25) is 5.91 Å². The van der Waals surface area contributed by atoms with Crippen molar-refractivity contribution in [2.45, 2.75) is 6.42 Å². The lowest BCUT2D eigenvalue weighted by Gasteiger charge is -2.27. The summed E-state index contributed by atoms with van der Waals surface area (Å²) >= 11 is 0. The van der Waals surface area contributed by atoms with E-state index < -0.39 is 12.0 Å². The maximum atomic E-state index is 11.9. The average Bonchev–Trinajstić information content (AvgIpc) is 2.86. The van der Waals surface area contributed by atoms with Crippen LogP contribution in [0.3, 0.4) is 0 Å². The van der Waals surface area contributed by atoms with E-state index >= 15 is 0 Å². The van der Waals surface area contributed by atoms with Crippen LogP contribution in [0, 0.1) is 0 Å². The van der Waals surface area contributed by atoms with Gasteiger partial charge in [0.05, 0.1) is 29.3 Å². The normalized spacial score (nSPS) is 15.5. The Morgan fingerprint density at radius 3 is 2.90 bits per heavy atom. The van der Waals surface area contributed by atoms with Crippen molar-refractivity contribution >= 4 is 29.1 Å². The molecule has 3 heterocycles. The van der Waals surface area contributed by atoms with Crippen molar-refractivity contribution in [2.75, 3.05) is 11.4 Å². The monoisotopic (exact) mass is 274 g/mol. The number of aromatic carboxylic acids is 1.